The number of nitrogens with zero attached hydrogens (tertiary/aromatic N) is 1. The summed E-state index contributed by atoms with van der Waals surface area (Å²) in [5, 5.41) is 10.1. The Bertz CT molecular complexity index is 388. The van der Waals surface area contributed by atoms with E-state index in [1.807, 2.05) is 6.07 Å². The van der Waals surface area contributed by atoms with Gasteiger partial charge in [-0.15, -0.1) is 11.3 Å². The Hall–Kier alpha value is -0.910. The molecular formula is C14H23NO3S. The normalized spacial score (nSPS) is 12.7. The van der Waals surface area contributed by atoms with Gasteiger partial charge in [-0.25, -0.2) is 4.79 Å². The van der Waals surface area contributed by atoms with Gasteiger partial charge in [-0.3, -0.25) is 0 Å². The number of rotatable bonds is 8. The van der Waals surface area contributed by atoms with Crippen LogP contribution < -0.4 is 0 Å². The Kier molecular flexibility index (Phi) is 7.05. The maximum atomic E-state index is 11.5. The lowest BCUT2D eigenvalue weighted by Crippen LogP contribution is -2.25. The Labute approximate surface area is 119 Å². The van der Waals surface area contributed by atoms with E-state index in [0.717, 1.165) is 24.5 Å². The summed E-state index contributed by atoms with van der Waals surface area (Å²) in [6, 6.07) is 3.53. The van der Waals surface area contributed by atoms with Crippen molar-refractivity contribution in [3.8, 4) is 0 Å². The fourth-order valence-electron chi connectivity index (χ4n) is 1.83. The largest absolute Gasteiger partial charge is 0.462 e. The highest BCUT2D eigenvalue weighted by atomic mass is 32.1. The van der Waals surface area contributed by atoms with E-state index in [-0.39, 0.29) is 5.97 Å². The van der Waals surface area contributed by atoms with Crippen LogP contribution in [0.1, 0.15) is 47.8 Å². The SMILES string of the molecule is CCOC(=O)c1ccc(C(O)CCN(CC)CC)s1. The summed E-state index contributed by atoms with van der Waals surface area (Å²) in [5.74, 6) is -0.310. The molecule has 1 rings (SSSR count). The monoisotopic (exact) mass is 285 g/mol. The van der Waals surface area contributed by atoms with E-state index in [0.29, 0.717) is 17.9 Å². The van der Waals surface area contributed by atoms with Crippen molar-refractivity contribution in [2.45, 2.75) is 33.3 Å². The van der Waals surface area contributed by atoms with Crippen molar-refractivity contribution in [1.82, 2.24) is 4.90 Å². The Morgan fingerprint density at radius 1 is 1.37 bits per heavy atom. The van der Waals surface area contributed by atoms with Crippen LogP contribution >= 0.6 is 11.3 Å². The molecule has 0 saturated carbocycles. The molecule has 19 heavy (non-hydrogen) atoms. The summed E-state index contributed by atoms with van der Waals surface area (Å²) in [5.41, 5.74) is 0. The molecule has 1 heterocycles. The van der Waals surface area contributed by atoms with Gasteiger partial charge in [0.1, 0.15) is 4.88 Å². The predicted octanol–water partition coefficient (Wildman–Crippen LogP) is 2.69. The van der Waals surface area contributed by atoms with Crippen LogP contribution in [0.15, 0.2) is 12.1 Å². The van der Waals surface area contributed by atoms with Gasteiger partial charge < -0.3 is 14.7 Å². The summed E-state index contributed by atoms with van der Waals surface area (Å²) in [6.07, 6.45) is 0.179. The Morgan fingerprint density at radius 3 is 2.63 bits per heavy atom. The van der Waals surface area contributed by atoms with Crippen LogP contribution in [0.3, 0.4) is 0 Å². The number of aliphatic hydroxyl groups excluding tert-OH is 1. The summed E-state index contributed by atoms with van der Waals surface area (Å²) < 4.78 is 4.94. The molecule has 1 atom stereocenters. The van der Waals surface area contributed by atoms with E-state index in [1.165, 1.54) is 11.3 Å². The second-order valence-electron chi connectivity index (χ2n) is 4.25. The minimum absolute atomic E-state index is 0.310. The highest BCUT2D eigenvalue weighted by Gasteiger charge is 2.15. The van der Waals surface area contributed by atoms with Crippen molar-refractivity contribution in [3.63, 3.8) is 0 Å². The van der Waals surface area contributed by atoms with Gasteiger partial charge in [-0.05, 0) is 38.6 Å². The Morgan fingerprint density at radius 2 is 2.05 bits per heavy atom. The maximum Gasteiger partial charge on any atom is 0.348 e. The molecule has 0 spiro atoms. The molecule has 1 aromatic rings. The molecule has 4 nitrogen and oxygen atoms in total. The average Bonchev–Trinajstić information content (AvgIpc) is 2.89. The van der Waals surface area contributed by atoms with Crippen molar-refractivity contribution in [2.75, 3.05) is 26.2 Å². The fraction of sp³-hybridized carbons (Fsp3) is 0.643. The van der Waals surface area contributed by atoms with E-state index in [1.54, 1.807) is 13.0 Å². The van der Waals surface area contributed by atoms with Crippen LogP contribution in [0.4, 0.5) is 0 Å². The molecule has 108 valence electrons. The number of hydrogen-bond acceptors (Lipinski definition) is 5. The van der Waals surface area contributed by atoms with Gasteiger partial charge in [0.15, 0.2) is 0 Å². The molecule has 0 aliphatic carbocycles. The molecule has 1 N–H and O–H groups in total. The first-order valence-electron chi connectivity index (χ1n) is 6.79. The number of hydrogen-bond donors (Lipinski definition) is 1. The molecular weight excluding hydrogens is 262 g/mol. The lowest BCUT2D eigenvalue weighted by atomic mass is 10.2. The first-order valence-corrected chi connectivity index (χ1v) is 7.61. The fourth-order valence-corrected chi connectivity index (χ4v) is 2.75. The van der Waals surface area contributed by atoms with Crippen molar-refractivity contribution >= 4 is 17.3 Å². The number of carbonyl (C=O) groups is 1. The standard InChI is InChI=1S/C14H23NO3S/c1-4-15(5-2)10-9-11(16)12-7-8-13(19-12)14(17)18-6-3/h7-8,11,16H,4-6,9-10H2,1-3H3. The first kappa shape index (κ1) is 16.1. The van der Waals surface area contributed by atoms with Gasteiger partial charge in [0.2, 0.25) is 0 Å². The van der Waals surface area contributed by atoms with Crippen LogP contribution in [0.25, 0.3) is 0 Å². The third-order valence-corrected chi connectivity index (χ3v) is 4.21. The maximum absolute atomic E-state index is 11.5. The molecule has 0 saturated heterocycles. The number of esters is 1. The van der Waals surface area contributed by atoms with E-state index < -0.39 is 6.10 Å². The molecule has 0 radical (unpaired) electrons. The molecule has 5 heteroatoms. The number of ether oxygens (including phenoxy) is 1. The molecule has 1 unspecified atom stereocenters. The van der Waals surface area contributed by atoms with E-state index in [9.17, 15) is 9.90 Å². The van der Waals surface area contributed by atoms with Crippen molar-refractivity contribution in [3.05, 3.63) is 21.9 Å². The molecule has 0 aliphatic heterocycles. The molecule has 0 aromatic carbocycles. The lowest BCUT2D eigenvalue weighted by Gasteiger charge is -2.19. The van der Waals surface area contributed by atoms with Gasteiger partial charge in [-0.1, -0.05) is 13.8 Å². The minimum atomic E-state index is -0.506. The molecule has 1 aromatic heterocycles. The van der Waals surface area contributed by atoms with Gasteiger partial charge in [-0.2, -0.15) is 0 Å². The van der Waals surface area contributed by atoms with Crippen LogP contribution in [-0.4, -0.2) is 42.2 Å². The first-order chi connectivity index (χ1) is 9.12. The molecule has 0 fully saturated rings. The second-order valence-corrected chi connectivity index (χ2v) is 5.37. The summed E-state index contributed by atoms with van der Waals surface area (Å²) in [7, 11) is 0. The van der Waals surface area contributed by atoms with Crippen LogP contribution in [0.5, 0.6) is 0 Å². The zero-order chi connectivity index (χ0) is 14.3. The molecule has 0 bridgehead atoms. The Balaban J connectivity index is 2.53. The zero-order valence-electron chi connectivity index (χ0n) is 11.9. The van der Waals surface area contributed by atoms with Crippen LogP contribution in [0.2, 0.25) is 0 Å². The highest BCUT2D eigenvalue weighted by Crippen LogP contribution is 2.26. The van der Waals surface area contributed by atoms with E-state index >= 15 is 0 Å². The average molecular weight is 285 g/mol. The summed E-state index contributed by atoms with van der Waals surface area (Å²) in [6.45, 7) is 9.21. The smallest absolute Gasteiger partial charge is 0.348 e. The van der Waals surface area contributed by atoms with Crippen molar-refractivity contribution in [1.29, 1.82) is 0 Å². The quantitative estimate of drug-likeness (QED) is 0.746. The third-order valence-electron chi connectivity index (χ3n) is 3.05. The lowest BCUT2D eigenvalue weighted by molar-refractivity contribution is 0.0532. The van der Waals surface area contributed by atoms with Crippen molar-refractivity contribution < 1.29 is 14.6 Å². The topological polar surface area (TPSA) is 49.8 Å². The number of thiophene rings is 1. The number of carbonyl (C=O) groups excluding carboxylic acids is 1. The minimum Gasteiger partial charge on any atom is -0.462 e. The van der Waals surface area contributed by atoms with Gasteiger partial charge >= 0.3 is 5.97 Å². The van der Waals surface area contributed by atoms with Gasteiger partial charge in [0, 0.05) is 11.4 Å². The van der Waals surface area contributed by atoms with Crippen LogP contribution in [-0.2, 0) is 4.74 Å². The van der Waals surface area contributed by atoms with Crippen LogP contribution in [0, 0.1) is 0 Å². The second kappa shape index (κ2) is 8.30. The summed E-state index contributed by atoms with van der Waals surface area (Å²) >= 11 is 1.31. The van der Waals surface area contributed by atoms with E-state index in [4.69, 9.17) is 4.74 Å². The molecule has 0 amide bonds. The zero-order valence-corrected chi connectivity index (χ0v) is 12.7. The highest BCUT2D eigenvalue weighted by molar-refractivity contribution is 7.14. The third kappa shape index (κ3) is 4.93. The predicted molar refractivity (Wildman–Crippen MR) is 77.6 cm³/mol. The van der Waals surface area contributed by atoms with Gasteiger partial charge in [0.25, 0.3) is 0 Å². The van der Waals surface area contributed by atoms with Gasteiger partial charge in [0.05, 0.1) is 12.7 Å². The molecule has 0 aliphatic rings. The van der Waals surface area contributed by atoms with Crippen molar-refractivity contribution in [2.24, 2.45) is 0 Å². The summed E-state index contributed by atoms with van der Waals surface area (Å²) in [4.78, 5) is 15.2. The van der Waals surface area contributed by atoms with E-state index in [2.05, 4.69) is 18.7 Å². The number of aliphatic hydroxyl groups is 1.